The van der Waals surface area contributed by atoms with E-state index in [0.29, 0.717) is 11.6 Å². The van der Waals surface area contributed by atoms with E-state index in [0.717, 1.165) is 39.7 Å². The van der Waals surface area contributed by atoms with E-state index in [9.17, 15) is 0 Å². The van der Waals surface area contributed by atoms with Crippen LogP contribution < -0.4 is 4.57 Å². The van der Waals surface area contributed by atoms with Gasteiger partial charge in [-0.15, -0.1) is 0 Å². The summed E-state index contributed by atoms with van der Waals surface area (Å²) in [6.45, 7) is 8.66. The second-order valence-electron chi connectivity index (χ2n) is 9.25. The molecule has 0 aliphatic heterocycles. The van der Waals surface area contributed by atoms with Crippen LogP contribution in [0.1, 0.15) is 30.7 Å². The molecule has 32 heavy (non-hydrogen) atoms. The van der Waals surface area contributed by atoms with Crippen LogP contribution in [0.25, 0.3) is 44.5 Å². The topological polar surface area (TPSA) is 29.9 Å². The summed E-state index contributed by atoms with van der Waals surface area (Å²) < 4.78 is 8.50. The second kappa shape index (κ2) is 7.90. The van der Waals surface area contributed by atoms with Crippen LogP contribution in [0.5, 0.6) is 0 Å². The van der Waals surface area contributed by atoms with Crippen molar-refractivity contribution in [3.8, 4) is 22.4 Å². The average Bonchev–Trinajstić information content (AvgIpc) is 3.12. The molecule has 3 nitrogen and oxygen atoms in total. The van der Waals surface area contributed by atoms with E-state index in [1.807, 2.05) is 13.0 Å². The zero-order valence-corrected chi connectivity index (χ0v) is 19.4. The summed E-state index contributed by atoms with van der Waals surface area (Å²) >= 11 is 0. The van der Waals surface area contributed by atoms with E-state index < -0.39 is 0 Å². The van der Waals surface area contributed by atoms with Gasteiger partial charge < -0.3 is 4.42 Å². The first-order chi connectivity index (χ1) is 15.4. The van der Waals surface area contributed by atoms with Gasteiger partial charge in [-0.1, -0.05) is 50.2 Å². The Bertz CT molecular complexity index is 1440. The van der Waals surface area contributed by atoms with Crippen molar-refractivity contribution in [1.29, 1.82) is 0 Å². The minimum Gasteiger partial charge on any atom is -0.437 e. The molecule has 3 aromatic heterocycles. The highest BCUT2D eigenvalue weighted by atomic mass is 16.3. The third kappa shape index (κ3) is 3.58. The molecule has 0 N–H and O–H groups in total. The predicted octanol–water partition coefficient (Wildman–Crippen LogP) is 6.95. The van der Waals surface area contributed by atoms with Crippen LogP contribution in [0.4, 0.5) is 0 Å². The van der Waals surface area contributed by atoms with Crippen LogP contribution in [0.3, 0.4) is 0 Å². The van der Waals surface area contributed by atoms with Crippen molar-refractivity contribution in [2.24, 2.45) is 13.0 Å². The Morgan fingerprint density at radius 1 is 0.875 bits per heavy atom. The Balaban J connectivity index is 1.67. The third-order valence-corrected chi connectivity index (χ3v) is 6.19. The van der Waals surface area contributed by atoms with Gasteiger partial charge in [0.2, 0.25) is 11.4 Å². The number of aryl methyl sites for hydroxylation is 3. The van der Waals surface area contributed by atoms with Gasteiger partial charge in [0.15, 0.2) is 11.8 Å². The Morgan fingerprint density at radius 2 is 1.62 bits per heavy atom. The van der Waals surface area contributed by atoms with Gasteiger partial charge in [0, 0.05) is 28.6 Å². The molecule has 2 aromatic carbocycles. The first kappa shape index (κ1) is 20.4. The van der Waals surface area contributed by atoms with Crippen LogP contribution in [-0.2, 0) is 13.5 Å². The summed E-state index contributed by atoms with van der Waals surface area (Å²) in [7, 11) is 2.09. The molecule has 3 heteroatoms. The molecule has 0 atom stereocenters. The maximum atomic E-state index is 6.33. The van der Waals surface area contributed by atoms with Crippen molar-refractivity contribution < 1.29 is 8.98 Å². The van der Waals surface area contributed by atoms with E-state index in [2.05, 4.69) is 98.2 Å². The lowest BCUT2D eigenvalue weighted by molar-refractivity contribution is -0.660. The summed E-state index contributed by atoms with van der Waals surface area (Å²) in [5.41, 5.74) is 9.82. The fraction of sp³-hybridized carbons (Fsp3) is 0.241. The molecule has 160 valence electrons. The van der Waals surface area contributed by atoms with Gasteiger partial charge in [0.1, 0.15) is 7.05 Å². The Morgan fingerprint density at radius 3 is 2.38 bits per heavy atom. The number of fused-ring (bicyclic) bond motifs is 3. The van der Waals surface area contributed by atoms with Crippen LogP contribution >= 0.6 is 0 Å². The largest absolute Gasteiger partial charge is 0.437 e. The predicted molar refractivity (Wildman–Crippen MR) is 132 cm³/mol. The maximum absolute atomic E-state index is 6.33. The Hall–Kier alpha value is -3.46. The van der Waals surface area contributed by atoms with E-state index in [1.165, 1.54) is 22.3 Å². The summed E-state index contributed by atoms with van der Waals surface area (Å²) in [5, 5.41) is 2.17. The fourth-order valence-corrected chi connectivity index (χ4v) is 4.53. The van der Waals surface area contributed by atoms with Crippen LogP contribution in [0, 0.1) is 19.8 Å². The van der Waals surface area contributed by atoms with Crippen LogP contribution in [0.15, 0.2) is 71.3 Å². The van der Waals surface area contributed by atoms with Crippen molar-refractivity contribution in [3.63, 3.8) is 0 Å². The summed E-state index contributed by atoms with van der Waals surface area (Å²) in [4.78, 5) is 4.62. The standard InChI is InChI=1S/C29H29N2O/c1-18(2)16-21-8-10-22(11-9-21)23-14-15-31(5)26(17-23)27-19(3)6-12-24-25-13-7-20(4)30-29(25)32-28(24)27/h6-15,17-18H,16H2,1-5H3/q+1. The molecular weight excluding hydrogens is 392 g/mol. The summed E-state index contributed by atoms with van der Waals surface area (Å²) in [6, 6.07) is 21.9. The highest BCUT2D eigenvalue weighted by molar-refractivity contribution is 6.08. The van der Waals surface area contributed by atoms with Gasteiger partial charge in [0.05, 0.1) is 5.56 Å². The minimum atomic E-state index is 0.661. The maximum Gasteiger partial charge on any atom is 0.227 e. The molecule has 0 radical (unpaired) electrons. The van der Waals surface area contributed by atoms with Crippen molar-refractivity contribution in [2.45, 2.75) is 34.1 Å². The average molecular weight is 422 g/mol. The molecule has 0 fully saturated rings. The molecule has 0 amide bonds. The monoisotopic (exact) mass is 421 g/mol. The zero-order chi connectivity index (χ0) is 22.4. The van der Waals surface area contributed by atoms with Gasteiger partial charge >= 0.3 is 0 Å². The third-order valence-electron chi connectivity index (χ3n) is 6.19. The van der Waals surface area contributed by atoms with Gasteiger partial charge in [-0.3, -0.25) is 0 Å². The molecule has 5 rings (SSSR count). The molecule has 0 unspecified atom stereocenters. The zero-order valence-electron chi connectivity index (χ0n) is 19.4. The van der Waals surface area contributed by atoms with Crippen LogP contribution in [-0.4, -0.2) is 4.98 Å². The number of pyridine rings is 2. The van der Waals surface area contributed by atoms with Crippen molar-refractivity contribution in [1.82, 2.24) is 4.98 Å². The number of benzene rings is 2. The van der Waals surface area contributed by atoms with Crippen molar-refractivity contribution >= 4 is 22.1 Å². The highest BCUT2D eigenvalue weighted by Gasteiger charge is 2.21. The smallest absolute Gasteiger partial charge is 0.227 e. The highest BCUT2D eigenvalue weighted by Crippen LogP contribution is 2.37. The molecule has 3 heterocycles. The lowest BCUT2D eigenvalue weighted by Gasteiger charge is -2.09. The number of hydrogen-bond donors (Lipinski definition) is 0. The SMILES string of the molecule is Cc1ccc2c(n1)oc1c(-c3cc(-c4ccc(CC(C)C)cc4)cc[n+]3C)c(C)ccc12. The number of rotatable bonds is 4. The molecule has 0 saturated heterocycles. The number of furan rings is 1. The molecule has 0 spiro atoms. The molecule has 0 aliphatic carbocycles. The quantitative estimate of drug-likeness (QED) is 0.294. The lowest BCUT2D eigenvalue weighted by atomic mass is 9.96. The molecule has 0 saturated carbocycles. The molecule has 0 bridgehead atoms. The van der Waals surface area contributed by atoms with Gasteiger partial charge in [-0.25, -0.2) is 9.55 Å². The normalized spacial score (nSPS) is 11.7. The molecule has 5 aromatic rings. The van der Waals surface area contributed by atoms with Crippen molar-refractivity contribution in [2.75, 3.05) is 0 Å². The van der Waals surface area contributed by atoms with Crippen LogP contribution in [0.2, 0.25) is 0 Å². The van der Waals surface area contributed by atoms with E-state index in [-0.39, 0.29) is 0 Å². The summed E-state index contributed by atoms with van der Waals surface area (Å²) in [5.74, 6) is 0.661. The molecule has 0 aliphatic rings. The number of hydrogen-bond acceptors (Lipinski definition) is 2. The number of nitrogens with zero attached hydrogens (tertiary/aromatic N) is 2. The second-order valence-corrected chi connectivity index (χ2v) is 9.25. The Labute approximate surface area is 189 Å². The van der Waals surface area contributed by atoms with E-state index >= 15 is 0 Å². The first-order valence-electron chi connectivity index (χ1n) is 11.3. The van der Waals surface area contributed by atoms with Gasteiger partial charge in [-0.2, -0.15) is 0 Å². The van der Waals surface area contributed by atoms with Crippen molar-refractivity contribution in [3.05, 3.63) is 83.7 Å². The lowest BCUT2D eigenvalue weighted by Crippen LogP contribution is -2.30. The summed E-state index contributed by atoms with van der Waals surface area (Å²) in [6.07, 6.45) is 3.24. The van der Waals surface area contributed by atoms with E-state index in [1.54, 1.807) is 0 Å². The van der Waals surface area contributed by atoms with Gasteiger partial charge in [-0.05, 0) is 60.6 Å². The molecular formula is C29H29N2O+. The van der Waals surface area contributed by atoms with E-state index in [4.69, 9.17) is 4.42 Å². The number of aromatic nitrogens is 2. The minimum absolute atomic E-state index is 0.661. The van der Waals surface area contributed by atoms with Gasteiger partial charge in [0.25, 0.3) is 0 Å². The fourth-order valence-electron chi connectivity index (χ4n) is 4.53. The first-order valence-corrected chi connectivity index (χ1v) is 11.3. The Kier molecular flexibility index (Phi) is 5.05.